The minimum Gasteiger partial charge on any atom is -0.443 e. The lowest BCUT2D eigenvalue weighted by Gasteiger charge is -2.27. The summed E-state index contributed by atoms with van der Waals surface area (Å²) in [6.07, 6.45) is 7.14. The first-order chi connectivity index (χ1) is 13.3. The number of halogens is 1. The van der Waals surface area contributed by atoms with Crippen molar-refractivity contribution in [3.63, 3.8) is 0 Å². The molecule has 3 rings (SSSR count). The molecule has 1 aliphatic heterocycles. The average molecular weight is 401 g/mol. The van der Waals surface area contributed by atoms with Gasteiger partial charge in [0, 0.05) is 35.9 Å². The number of aromatic nitrogens is 1. The van der Waals surface area contributed by atoms with E-state index in [0.717, 1.165) is 18.4 Å². The van der Waals surface area contributed by atoms with Crippen LogP contribution in [0.4, 0.5) is 4.79 Å². The molecule has 148 valence electrons. The summed E-state index contributed by atoms with van der Waals surface area (Å²) < 4.78 is 11.2. The standard InChI is InChI=1S/C22H25ClN2O3/c1-22(2,3)28-21(26)25-12-5-4-7-17(15-25)16-10-11-20(24-14-16)27-19-9-6-8-18(23)13-19/h5-6,8-14,17H,4,7,15H2,1-3H3. The number of hydrogen-bond acceptors (Lipinski definition) is 4. The molecule has 1 amide bonds. The van der Waals surface area contributed by atoms with Crippen LogP contribution in [0.5, 0.6) is 11.6 Å². The maximum absolute atomic E-state index is 12.4. The molecule has 1 aliphatic rings. The summed E-state index contributed by atoms with van der Waals surface area (Å²) >= 11 is 5.98. The van der Waals surface area contributed by atoms with E-state index in [1.54, 1.807) is 17.0 Å². The van der Waals surface area contributed by atoms with Crippen molar-refractivity contribution in [1.29, 1.82) is 0 Å². The molecule has 0 spiro atoms. The third-order valence-electron chi connectivity index (χ3n) is 4.26. The van der Waals surface area contributed by atoms with Crippen molar-refractivity contribution >= 4 is 17.7 Å². The van der Waals surface area contributed by atoms with Crippen molar-refractivity contribution in [3.8, 4) is 11.6 Å². The first-order valence-corrected chi connectivity index (χ1v) is 9.73. The van der Waals surface area contributed by atoms with Crippen LogP contribution in [0, 0.1) is 0 Å². The molecule has 1 aromatic carbocycles. The highest BCUT2D eigenvalue weighted by molar-refractivity contribution is 6.30. The van der Waals surface area contributed by atoms with Gasteiger partial charge in [0.05, 0.1) is 0 Å². The van der Waals surface area contributed by atoms with Crippen molar-refractivity contribution < 1.29 is 14.3 Å². The molecule has 6 heteroatoms. The van der Waals surface area contributed by atoms with Crippen LogP contribution in [0.2, 0.25) is 5.02 Å². The van der Waals surface area contributed by atoms with E-state index in [-0.39, 0.29) is 12.0 Å². The first-order valence-electron chi connectivity index (χ1n) is 9.36. The van der Waals surface area contributed by atoms with Gasteiger partial charge in [-0.05, 0) is 57.4 Å². The SMILES string of the molecule is CC(C)(C)OC(=O)N1C=CCCC(c2ccc(Oc3cccc(Cl)c3)nc2)C1. The topological polar surface area (TPSA) is 51.7 Å². The summed E-state index contributed by atoms with van der Waals surface area (Å²) in [6, 6.07) is 11.0. The second-order valence-electron chi connectivity index (χ2n) is 7.78. The Morgan fingerprint density at radius 3 is 2.75 bits per heavy atom. The lowest BCUT2D eigenvalue weighted by Crippen LogP contribution is -2.35. The minimum absolute atomic E-state index is 0.176. The van der Waals surface area contributed by atoms with Crippen LogP contribution in [-0.4, -0.2) is 28.1 Å². The van der Waals surface area contributed by atoms with Gasteiger partial charge in [-0.25, -0.2) is 9.78 Å². The molecule has 0 aliphatic carbocycles. The third-order valence-corrected chi connectivity index (χ3v) is 4.50. The number of pyridine rings is 1. The zero-order valence-corrected chi connectivity index (χ0v) is 17.1. The molecule has 1 atom stereocenters. The van der Waals surface area contributed by atoms with E-state index in [9.17, 15) is 4.79 Å². The summed E-state index contributed by atoms with van der Waals surface area (Å²) in [4.78, 5) is 18.5. The normalized spacial score (nSPS) is 17.1. The zero-order chi connectivity index (χ0) is 20.1. The monoisotopic (exact) mass is 400 g/mol. The lowest BCUT2D eigenvalue weighted by atomic mass is 9.96. The quantitative estimate of drug-likeness (QED) is 0.619. The fraction of sp³-hybridized carbons (Fsp3) is 0.364. The molecule has 1 unspecified atom stereocenters. The largest absolute Gasteiger partial charge is 0.443 e. The predicted octanol–water partition coefficient (Wildman–Crippen LogP) is 6.16. The molecule has 2 heterocycles. The Morgan fingerprint density at radius 1 is 1.25 bits per heavy atom. The van der Waals surface area contributed by atoms with Gasteiger partial charge in [-0.3, -0.25) is 4.90 Å². The maximum atomic E-state index is 12.4. The minimum atomic E-state index is -0.520. The molecule has 0 fully saturated rings. The second kappa shape index (κ2) is 8.65. The van der Waals surface area contributed by atoms with Crippen LogP contribution in [-0.2, 0) is 4.74 Å². The first kappa shape index (κ1) is 20.2. The van der Waals surface area contributed by atoms with E-state index in [2.05, 4.69) is 4.98 Å². The van der Waals surface area contributed by atoms with Crippen LogP contribution in [0.25, 0.3) is 0 Å². The highest BCUT2D eigenvalue weighted by atomic mass is 35.5. The number of hydrogen-bond donors (Lipinski definition) is 0. The van der Waals surface area contributed by atoms with Gasteiger partial charge in [0.25, 0.3) is 0 Å². The predicted molar refractivity (Wildman–Crippen MR) is 110 cm³/mol. The molecule has 28 heavy (non-hydrogen) atoms. The van der Waals surface area contributed by atoms with Gasteiger partial charge < -0.3 is 9.47 Å². The van der Waals surface area contributed by atoms with Crippen LogP contribution in [0.3, 0.4) is 0 Å². The molecule has 1 aromatic heterocycles. The Kier molecular flexibility index (Phi) is 6.25. The number of carbonyl (C=O) groups is 1. The molecular weight excluding hydrogens is 376 g/mol. The van der Waals surface area contributed by atoms with Crippen LogP contribution < -0.4 is 4.74 Å². The van der Waals surface area contributed by atoms with Crippen LogP contribution >= 0.6 is 11.6 Å². The number of ether oxygens (including phenoxy) is 2. The van der Waals surface area contributed by atoms with E-state index in [4.69, 9.17) is 21.1 Å². The van der Waals surface area contributed by atoms with Crippen molar-refractivity contribution in [2.24, 2.45) is 0 Å². The van der Waals surface area contributed by atoms with Gasteiger partial charge in [-0.1, -0.05) is 29.8 Å². The van der Waals surface area contributed by atoms with Crippen LogP contribution in [0.15, 0.2) is 54.9 Å². The van der Waals surface area contributed by atoms with E-state index in [0.29, 0.717) is 23.2 Å². The van der Waals surface area contributed by atoms with Crippen molar-refractivity contribution in [3.05, 3.63) is 65.5 Å². The fourth-order valence-corrected chi connectivity index (χ4v) is 3.14. The van der Waals surface area contributed by atoms with Crippen molar-refractivity contribution in [2.75, 3.05) is 6.54 Å². The average Bonchev–Trinajstić information content (AvgIpc) is 2.87. The summed E-state index contributed by atoms with van der Waals surface area (Å²) in [5, 5.41) is 0.613. The highest BCUT2D eigenvalue weighted by Crippen LogP contribution is 2.28. The molecule has 0 bridgehead atoms. The van der Waals surface area contributed by atoms with Crippen molar-refractivity contribution in [2.45, 2.75) is 45.1 Å². The fourth-order valence-electron chi connectivity index (χ4n) is 2.96. The number of carbonyl (C=O) groups excluding carboxylic acids is 1. The van der Waals surface area contributed by atoms with Crippen LogP contribution in [0.1, 0.15) is 45.1 Å². The smallest absolute Gasteiger partial charge is 0.414 e. The molecule has 0 radical (unpaired) electrons. The van der Waals surface area contributed by atoms with Gasteiger partial charge in [-0.2, -0.15) is 0 Å². The van der Waals surface area contributed by atoms with Gasteiger partial charge in [0.1, 0.15) is 11.4 Å². The Balaban J connectivity index is 1.67. The van der Waals surface area contributed by atoms with E-state index in [1.807, 2.05) is 63.5 Å². The summed E-state index contributed by atoms with van der Waals surface area (Å²) in [7, 11) is 0. The second-order valence-corrected chi connectivity index (χ2v) is 8.22. The molecular formula is C22H25ClN2O3. The maximum Gasteiger partial charge on any atom is 0.414 e. The Morgan fingerprint density at radius 2 is 2.07 bits per heavy atom. The van der Waals surface area contributed by atoms with Gasteiger partial charge in [0.15, 0.2) is 0 Å². The number of allylic oxidation sites excluding steroid dienone is 1. The van der Waals surface area contributed by atoms with Crippen molar-refractivity contribution in [1.82, 2.24) is 9.88 Å². The van der Waals surface area contributed by atoms with Gasteiger partial charge in [0.2, 0.25) is 5.88 Å². The zero-order valence-electron chi connectivity index (χ0n) is 16.4. The molecule has 0 saturated carbocycles. The number of rotatable bonds is 3. The van der Waals surface area contributed by atoms with E-state index >= 15 is 0 Å². The van der Waals surface area contributed by atoms with E-state index in [1.165, 1.54) is 0 Å². The third kappa shape index (κ3) is 5.73. The lowest BCUT2D eigenvalue weighted by molar-refractivity contribution is 0.0328. The summed E-state index contributed by atoms with van der Waals surface area (Å²) in [6.45, 7) is 6.16. The summed E-state index contributed by atoms with van der Waals surface area (Å²) in [5.41, 5.74) is 0.545. The molecule has 0 saturated heterocycles. The molecule has 0 N–H and O–H groups in total. The van der Waals surface area contributed by atoms with Gasteiger partial charge >= 0.3 is 6.09 Å². The molecule has 2 aromatic rings. The van der Waals surface area contributed by atoms with Gasteiger partial charge in [-0.15, -0.1) is 0 Å². The molecule has 5 nitrogen and oxygen atoms in total. The highest BCUT2D eigenvalue weighted by Gasteiger charge is 2.25. The Labute approximate surface area is 170 Å². The summed E-state index contributed by atoms with van der Waals surface area (Å²) in [5.74, 6) is 1.32. The Hall–Kier alpha value is -2.53. The van der Waals surface area contributed by atoms with E-state index < -0.39 is 5.60 Å². The Bertz CT molecular complexity index is 844. The number of benzene rings is 1. The number of nitrogens with zero attached hydrogens (tertiary/aromatic N) is 2. The number of amides is 1.